The molecule has 2 amide bonds. The average molecular weight is 423 g/mol. The van der Waals surface area contributed by atoms with Gasteiger partial charge in [-0.2, -0.15) is 4.98 Å². The molecule has 0 fully saturated rings. The largest absolute Gasteiger partial charge is 0.495 e. The quantitative estimate of drug-likeness (QED) is 0.536. The molecule has 30 heavy (non-hydrogen) atoms. The van der Waals surface area contributed by atoms with Crippen molar-refractivity contribution in [2.24, 2.45) is 0 Å². The molecule has 0 saturated carbocycles. The number of aromatic nitrogens is 3. The zero-order valence-electron chi connectivity index (χ0n) is 16.1. The van der Waals surface area contributed by atoms with Gasteiger partial charge in [-0.25, -0.2) is 13.7 Å². The van der Waals surface area contributed by atoms with Gasteiger partial charge in [0.1, 0.15) is 11.6 Å². The predicted molar refractivity (Wildman–Crippen MR) is 112 cm³/mol. The first kappa shape index (κ1) is 18.6. The van der Waals surface area contributed by atoms with Crippen LogP contribution in [0.3, 0.4) is 0 Å². The van der Waals surface area contributed by atoms with Crippen LogP contribution in [0.25, 0.3) is 16.3 Å². The highest BCUT2D eigenvalue weighted by Gasteiger charge is 2.26. The predicted octanol–water partition coefficient (Wildman–Crippen LogP) is 4.20. The first-order valence-electron chi connectivity index (χ1n) is 9.44. The van der Waals surface area contributed by atoms with Crippen LogP contribution in [-0.4, -0.2) is 39.2 Å². The zero-order valence-corrected chi connectivity index (χ0v) is 16.9. The maximum absolute atomic E-state index is 13.2. The van der Waals surface area contributed by atoms with Crippen LogP contribution in [0.2, 0.25) is 0 Å². The molecular weight excluding hydrogens is 405 g/mol. The van der Waals surface area contributed by atoms with Crippen LogP contribution in [0, 0.1) is 5.82 Å². The van der Waals surface area contributed by atoms with E-state index in [1.165, 1.54) is 23.5 Å². The molecular formula is C21H18FN5O2S. The molecule has 2 aromatic heterocycles. The van der Waals surface area contributed by atoms with Crippen molar-refractivity contribution >= 4 is 28.0 Å². The number of hydrogen-bond donors (Lipinski definition) is 1. The van der Waals surface area contributed by atoms with Gasteiger partial charge in [0.05, 0.1) is 25.0 Å². The number of ether oxygens (including phenoxy) is 1. The summed E-state index contributed by atoms with van der Waals surface area (Å²) < 4.78 is 20.3. The lowest BCUT2D eigenvalue weighted by molar-refractivity contribution is 0.206. The van der Waals surface area contributed by atoms with E-state index < -0.39 is 0 Å². The van der Waals surface area contributed by atoms with E-state index in [2.05, 4.69) is 15.4 Å². The van der Waals surface area contributed by atoms with Crippen LogP contribution < -0.4 is 10.1 Å². The van der Waals surface area contributed by atoms with Crippen molar-refractivity contribution in [3.05, 3.63) is 64.9 Å². The van der Waals surface area contributed by atoms with Crippen molar-refractivity contribution in [2.45, 2.75) is 13.0 Å². The minimum absolute atomic E-state index is 0.170. The molecule has 4 aromatic rings. The Morgan fingerprint density at radius 3 is 2.80 bits per heavy atom. The summed E-state index contributed by atoms with van der Waals surface area (Å²) in [6.45, 7) is 1.07. The van der Waals surface area contributed by atoms with E-state index in [1.54, 1.807) is 24.1 Å². The molecule has 1 N–H and O–H groups in total. The molecule has 0 aliphatic carbocycles. The zero-order chi connectivity index (χ0) is 20.7. The normalized spacial score (nSPS) is 13.3. The summed E-state index contributed by atoms with van der Waals surface area (Å²) in [6.07, 6.45) is 0.681. The van der Waals surface area contributed by atoms with Gasteiger partial charge in [0.25, 0.3) is 0 Å². The fourth-order valence-corrected chi connectivity index (χ4v) is 4.64. The Balaban J connectivity index is 1.36. The van der Waals surface area contributed by atoms with Gasteiger partial charge in [-0.05, 0) is 36.4 Å². The summed E-state index contributed by atoms with van der Waals surface area (Å²) in [4.78, 5) is 21.0. The van der Waals surface area contributed by atoms with E-state index in [0.29, 0.717) is 36.8 Å². The van der Waals surface area contributed by atoms with E-state index in [4.69, 9.17) is 4.74 Å². The van der Waals surface area contributed by atoms with Crippen LogP contribution in [0.1, 0.15) is 10.6 Å². The second-order valence-electron chi connectivity index (χ2n) is 6.91. The number of hydrogen-bond acceptors (Lipinski definition) is 5. The van der Waals surface area contributed by atoms with Crippen LogP contribution in [0.15, 0.2) is 48.5 Å². The fraction of sp³-hybridized carbons (Fsp3) is 0.190. The molecule has 0 bridgehead atoms. The molecule has 0 atom stereocenters. The Bertz CT molecular complexity index is 1230. The number of urea groups is 1. The van der Waals surface area contributed by atoms with E-state index in [0.717, 1.165) is 21.1 Å². The molecule has 0 saturated heterocycles. The summed E-state index contributed by atoms with van der Waals surface area (Å²) in [6, 6.07) is 13.3. The molecule has 0 radical (unpaired) electrons. The van der Waals surface area contributed by atoms with E-state index in [-0.39, 0.29) is 11.8 Å². The van der Waals surface area contributed by atoms with Crippen LogP contribution in [-0.2, 0) is 13.0 Å². The summed E-state index contributed by atoms with van der Waals surface area (Å²) in [5.41, 5.74) is 2.48. The fourth-order valence-electron chi connectivity index (χ4n) is 3.53. The highest BCUT2D eigenvalue weighted by molar-refractivity contribution is 7.17. The number of nitrogens with one attached hydrogen (secondary N) is 1. The summed E-state index contributed by atoms with van der Waals surface area (Å²) in [5.74, 6) is 0.903. The number of carbonyl (C=O) groups is 1. The van der Waals surface area contributed by atoms with E-state index >= 15 is 0 Å². The summed E-state index contributed by atoms with van der Waals surface area (Å²) in [7, 11) is 1.58. The number of thiazole rings is 1. The third-order valence-corrected chi connectivity index (χ3v) is 6.12. The molecule has 2 aromatic carbocycles. The number of halogens is 1. The van der Waals surface area contributed by atoms with Crippen molar-refractivity contribution in [3.8, 4) is 17.1 Å². The topological polar surface area (TPSA) is 71.8 Å². The third kappa shape index (κ3) is 3.26. The number of fused-ring (bicyclic) bond motifs is 3. The Hall–Kier alpha value is -3.46. The average Bonchev–Trinajstić information content (AvgIpc) is 3.32. The number of nitrogens with zero attached hydrogens (tertiary/aromatic N) is 4. The standard InChI is InChI=1S/C21H18FN5O2S/c1-29-17-5-3-2-4-15(17)23-20(28)26-11-10-16-18(12-26)30-21-24-19(25-27(16)21)13-6-8-14(22)9-7-13/h2-9H,10-12H2,1H3,(H,23,28). The molecule has 7 nitrogen and oxygen atoms in total. The van der Waals surface area contributed by atoms with Crippen LogP contribution >= 0.6 is 11.3 Å². The first-order chi connectivity index (χ1) is 14.6. The number of benzene rings is 2. The van der Waals surface area contributed by atoms with Crippen LogP contribution in [0.4, 0.5) is 14.9 Å². The van der Waals surface area contributed by atoms with Crippen molar-refractivity contribution in [1.29, 1.82) is 0 Å². The molecule has 9 heteroatoms. The number of anilines is 1. The third-order valence-electron chi connectivity index (χ3n) is 5.06. The minimum Gasteiger partial charge on any atom is -0.495 e. The number of para-hydroxylation sites is 2. The molecule has 5 rings (SSSR count). The molecule has 1 aliphatic heterocycles. The lowest BCUT2D eigenvalue weighted by Gasteiger charge is -2.27. The van der Waals surface area contributed by atoms with Crippen molar-refractivity contribution < 1.29 is 13.9 Å². The Morgan fingerprint density at radius 2 is 2.00 bits per heavy atom. The second-order valence-corrected chi connectivity index (χ2v) is 7.97. The van der Waals surface area contributed by atoms with Crippen molar-refractivity contribution in [3.63, 3.8) is 0 Å². The molecule has 1 aliphatic rings. The SMILES string of the molecule is COc1ccccc1NC(=O)N1CCc2c(sc3nc(-c4ccc(F)cc4)nn23)C1. The van der Waals surface area contributed by atoms with Crippen LogP contribution in [0.5, 0.6) is 5.75 Å². The Kier molecular flexibility index (Phi) is 4.59. The van der Waals surface area contributed by atoms with Gasteiger partial charge in [0.2, 0.25) is 4.96 Å². The second kappa shape index (κ2) is 7.42. The smallest absolute Gasteiger partial charge is 0.322 e. The van der Waals surface area contributed by atoms with Gasteiger partial charge in [-0.1, -0.05) is 23.5 Å². The Morgan fingerprint density at radius 1 is 1.20 bits per heavy atom. The number of methoxy groups -OCH3 is 1. The van der Waals surface area contributed by atoms with Gasteiger partial charge in [0, 0.05) is 23.4 Å². The molecule has 152 valence electrons. The Labute approximate surface area is 175 Å². The van der Waals surface area contributed by atoms with Crippen molar-refractivity contribution in [2.75, 3.05) is 19.0 Å². The highest BCUT2D eigenvalue weighted by Crippen LogP contribution is 2.30. The van der Waals surface area contributed by atoms with Gasteiger partial charge < -0.3 is 15.0 Å². The summed E-state index contributed by atoms with van der Waals surface area (Å²) >= 11 is 1.52. The van der Waals surface area contributed by atoms with Gasteiger partial charge >= 0.3 is 6.03 Å². The number of carbonyl (C=O) groups excluding carboxylic acids is 1. The van der Waals surface area contributed by atoms with Gasteiger partial charge in [-0.15, -0.1) is 5.10 Å². The van der Waals surface area contributed by atoms with Gasteiger partial charge in [0.15, 0.2) is 5.82 Å². The number of rotatable bonds is 3. The highest BCUT2D eigenvalue weighted by atomic mass is 32.1. The maximum Gasteiger partial charge on any atom is 0.322 e. The van der Waals surface area contributed by atoms with Gasteiger partial charge in [-0.3, -0.25) is 0 Å². The molecule has 3 heterocycles. The van der Waals surface area contributed by atoms with E-state index in [9.17, 15) is 9.18 Å². The van der Waals surface area contributed by atoms with Crippen molar-refractivity contribution in [1.82, 2.24) is 19.5 Å². The minimum atomic E-state index is -0.288. The first-order valence-corrected chi connectivity index (χ1v) is 10.3. The number of amides is 2. The molecule has 0 unspecified atom stereocenters. The summed E-state index contributed by atoms with van der Waals surface area (Å²) in [5, 5.41) is 7.53. The monoisotopic (exact) mass is 423 g/mol. The van der Waals surface area contributed by atoms with E-state index in [1.807, 2.05) is 28.8 Å². The maximum atomic E-state index is 13.2. The molecule has 0 spiro atoms. The lowest BCUT2D eigenvalue weighted by Crippen LogP contribution is -2.38. The lowest BCUT2D eigenvalue weighted by atomic mass is 10.2.